The van der Waals surface area contributed by atoms with E-state index in [9.17, 15) is 14.4 Å². The van der Waals surface area contributed by atoms with Crippen LogP contribution in [-0.4, -0.2) is 37.2 Å². The van der Waals surface area contributed by atoms with Gasteiger partial charge in [-0.05, 0) is 83.5 Å². The van der Waals surface area contributed by atoms with E-state index in [0.717, 1.165) is 77.0 Å². The van der Waals surface area contributed by atoms with Crippen LogP contribution in [0.1, 0.15) is 297 Å². The Balaban J connectivity index is 4.35. The van der Waals surface area contributed by atoms with Crippen molar-refractivity contribution in [1.29, 1.82) is 0 Å². The van der Waals surface area contributed by atoms with Crippen LogP contribution in [-0.2, 0) is 28.6 Å². The van der Waals surface area contributed by atoms with E-state index in [4.69, 9.17) is 14.2 Å². The molecule has 0 N–H and O–H groups in total. The Morgan fingerprint density at radius 1 is 0.303 bits per heavy atom. The molecule has 0 rings (SSSR count). The Hall–Kier alpha value is -2.63. The van der Waals surface area contributed by atoms with Crippen molar-refractivity contribution in [3.8, 4) is 0 Å². The van der Waals surface area contributed by atoms with Crippen LogP contribution in [0.5, 0.6) is 0 Å². The van der Waals surface area contributed by atoms with Crippen molar-refractivity contribution >= 4 is 17.9 Å². The van der Waals surface area contributed by atoms with E-state index in [2.05, 4.69) is 69.4 Å². The molecular formula is C60H108O6. The molecule has 0 aliphatic carbocycles. The van der Waals surface area contributed by atoms with Crippen LogP contribution in [0, 0.1) is 0 Å². The minimum Gasteiger partial charge on any atom is -0.462 e. The number of ether oxygens (including phenoxy) is 3. The first-order valence-electron chi connectivity index (χ1n) is 28.6. The van der Waals surface area contributed by atoms with Gasteiger partial charge in [-0.25, -0.2) is 0 Å². The van der Waals surface area contributed by atoms with E-state index < -0.39 is 6.10 Å². The Morgan fingerprint density at radius 2 is 0.545 bits per heavy atom. The molecule has 1 atom stereocenters. The molecule has 0 saturated carbocycles. The SMILES string of the molecule is CCCCC/C=C\C/C=C\CCCCCCCCCCCC(=O)O[C@H](COC(=O)CCCCCCCCC/C=C\C/C=C\CCCCC)COC(=O)CCCCCCCCCCCCCC. The van der Waals surface area contributed by atoms with E-state index >= 15 is 0 Å². The van der Waals surface area contributed by atoms with Gasteiger partial charge in [-0.15, -0.1) is 0 Å². The van der Waals surface area contributed by atoms with Crippen LogP contribution >= 0.6 is 0 Å². The third kappa shape index (κ3) is 52.3. The second kappa shape index (κ2) is 55.0. The largest absolute Gasteiger partial charge is 0.462 e. The van der Waals surface area contributed by atoms with E-state index in [1.165, 1.54) is 180 Å². The second-order valence-electron chi connectivity index (χ2n) is 19.2. The van der Waals surface area contributed by atoms with Gasteiger partial charge in [0.15, 0.2) is 6.10 Å². The molecule has 384 valence electrons. The van der Waals surface area contributed by atoms with E-state index in [-0.39, 0.29) is 31.1 Å². The topological polar surface area (TPSA) is 78.9 Å². The molecule has 0 bridgehead atoms. The van der Waals surface area contributed by atoms with Crippen molar-refractivity contribution in [2.24, 2.45) is 0 Å². The van der Waals surface area contributed by atoms with E-state index in [1.54, 1.807) is 0 Å². The van der Waals surface area contributed by atoms with Crippen LogP contribution < -0.4 is 0 Å². The monoisotopic (exact) mass is 925 g/mol. The molecule has 0 aromatic carbocycles. The lowest BCUT2D eigenvalue weighted by Crippen LogP contribution is -2.30. The summed E-state index contributed by atoms with van der Waals surface area (Å²) in [4.78, 5) is 38.1. The van der Waals surface area contributed by atoms with Gasteiger partial charge in [0.05, 0.1) is 0 Å². The summed E-state index contributed by atoms with van der Waals surface area (Å²) < 4.78 is 16.9. The lowest BCUT2D eigenvalue weighted by atomic mass is 10.0. The molecule has 0 spiro atoms. The number of hydrogen-bond donors (Lipinski definition) is 0. The van der Waals surface area contributed by atoms with Crippen LogP contribution in [0.15, 0.2) is 48.6 Å². The number of unbranched alkanes of at least 4 members (excludes halogenated alkanes) is 33. The predicted molar refractivity (Wildman–Crippen MR) is 284 cm³/mol. The molecule has 0 aromatic heterocycles. The molecule has 0 aliphatic heterocycles. The minimum absolute atomic E-state index is 0.0745. The Labute approximate surface area is 409 Å². The summed E-state index contributed by atoms with van der Waals surface area (Å²) in [6.45, 7) is 6.61. The second-order valence-corrected chi connectivity index (χ2v) is 19.2. The third-order valence-corrected chi connectivity index (χ3v) is 12.6. The number of allylic oxidation sites excluding steroid dienone is 8. The van der Waals surface area contributed by atoms with Crippen LogP contribution in [0.2, 0.25) is 0 Å². The first kappa shape index (κ1) is 63.4. The van der Waals surface area contributed by atoms with Gasteiger partial charge in [-0.3, -0.25) is 14.4 Å². The predicted octanol–water partition coefficient (Wildman–Crippen LogP) is 19.0. The normalized spacial score (nSPS) is 12.3. The summed E-state index contributed by atoms with van der Waals surface area (Å²) >= 11 is 0. The molecule has 0 radical (unpaired) electrons. The smallest absolute Gasteiger partial charge is 0.306 e. The molecule has 0 unspecified atom stereocenters. The first-order chi connectivity index (χ1) is 32.5. The number of rotatable bonds is 52. The Bertz CT molecular complexity index is 1150. The fourth-order valence-electron chi connectivity index (χ4n) is 8.21. The van der Waals surface area contributed by atoms with E-state index in [1.807, 2.05) is 0 Å². The van der Waals surface area contributed by atoms with Gasteiger partial charge in [-0.1, -0.05) is 243 Å². The Morgan fingerprint density at radius 3 is 0.864 bits per heavy atom. The number of esters is 3. The summed E-state index contributed by atoms with van der Waals surface area (Å²) in [5, 5.41) is 0. The zero-order valence-corrected chi connectivity index (χ0v) is 44.0. The molecule has 0 fully saturated rings. The average molecular weight is 926 g/mol. The zero-order chi connectivity index (χ0) is 47.9. The summed E-state index contributed by atoms with van der Waals surface area (Å²) in [6.07, 6.45) is 66.6. The van der Waals surface area contributed by atoms with Crippen LogP contribution in [0.4, 0.5) is 0 Å². The Kier molecular flexibility index (Phi) is 52.8. The maximum absolute atomic E-state index is 12.9. The molecule has 6 nitrogen and oxygen atoms in total. The minimum atomic E-state index is -0.776. The van der Waals surface area contributed by atoms with Gasteiger partial charge >= 0.3 is 17.9 Å². The maximum Gasteiger partial charge on any atom is 0.306 e. The third-order valence-electron chi connectivity index (χ3n) is 12.6. The fourth-order valence-corrected chi connectivity index (χ4v) is 8.21. The number of hydrogen-bond acceptors (Lipinski definition) is 6. The number of carbonyl (C=O) groups excluding carboxylic acids is 3. The summed E-state index contributed by atoms with van der Waals surface area (Å²) in [5.74, 6) is -0.874. The van der Waals surface area contributed by atoms with Crippen molar-refractivity contribution in [1.82, 2.24) is 0 Å². The fraction of sp³-hybridized carbons (Fsp3) is 0.817. The lowest BCUT2D eigenvalue weighted by molar-refractivity contribution is -0.167. The van der Waals surface area contributed by atoms with Crippen LogP contribution in [0.3, 0.4) is 0 Å². The van der Waals surface area contributed by atoms with Crippen molar-refractivity contribution in [3.05, 3.63) is 48.6 Å². The average Bonchev–Trinajstić information content (AvgIpc) is 3.31. The highest BCUT2D eigenvalue weighted by Gasteiger charge is 2.19. The van der Waals surface area contributed by atoms with Gasteiger partial charge in [0, 0.05) is 19.3 Å². The lowest BCUT2D eigenvalue weighted by Gasteiger charge is -2.18. The van der Waals surface area contributed by atoms with Gasteiger partial charge in [-0.2, -0.15) is 0 Å². The molecule has 0 heterocycles. The first-order valence-corrected chi connectivity index (χ1v) is 28.6. The molecule has 6 heteroatoms. The van der Waals surface area contributed by atoms with Gasteiger partial charge in [0.2, 0.25) is 0 Å². The highest BCUT2D eigenvalue weighted by Crippen LogP contribution is 2.16. The zero-order valence-electron chi connectivity index (χ0n) is 44.0. The highest BCUT2D eigenvalue weighted by atomic mass is 16.6. The summed E-state index contributed by atoms with van der Waals surface area (Å²) in [6, 6.07) is 0. The molecular weight excluding hydrogens is 817 g/mol. The standard InChI is InChI=1S/C60H108O6/c1-4-7-10-13-16-19-22-25-27-29-30-32-34-36-39-42-45-48-51-54-60(63)66-57(55-64-58(61)52-49-46-43-40-37-24-21-18-15-12-9-6-3)56-65-59(62)53-50-47-44-41-38-35-33-31-28-26-23-20-17-14-11-8-5-2/h16-17,19-20,25-28,57H,4-15,18,21-24,29-56H2,1-3H3/b19-16-,20-17-,27-25-,28-26-/t57-/m0/s1. The molecule has 0 amide bonds. The molecule has 66 heavy (non-hydrogen) atoms. The van der Waals surface area contributed by atoms with Gasteiger partial charge < -0.3 is 14.2 Å². The summed E-state index contributed by atoms with van der Waals surface area (Å²) in [7, 11) is 0. The van der Waals surface area contributed by atoms with Crippen molar-refractivity contribution in [2.45, 2.75) is 303 Å². The van der Waals surface area contributed by atoms with Gasteiger partial charge in [0.25, 0.3) is 0 Å². The molecule has 0 aliphatic rings. The van der Waals surface area contributed by atoms with Gasteiger partial charge in [0.1, 0.15) is 13.2 Å². The summed E-state index contributed by atoms with van der Waals surface area (Å²) in [5.41, 5.74) is 0. The van der Waals surface area contributed by atoms with Crippen molar-refractivity contribution in [3.63, 3.8) is 0 Å². The van der Waals surface area contributed by atoms with E-state index in [0.29, 0.717) is 19.3 Å². The quantitative estimate of drug-likeness (QED) is 0.0262. The van der Waals surface area contributed by atoms with Crippen LogP contribution in [0.25, 0.3) is 0 Å². The highest BCUT2D eigenvalue weighted by molar-refractivity contribution is 5.71. The van der Waals surface area contributed by atoms with Crippen molar-refractivity contribution in [2.75, 3.05) is 13.2 Å². The molecule has 0 saturated heterocycles. The number of carbonyl (C=O) groups is 3. The maximum atomic E-state index is 12.9. The van der Waals surface area contributed by atoms with Crippen molar-refractivity contribution < 1.29 is 28.6 Å². The molecule has 0 aromatic rings.